The fourth-order valence-electron chi connectivity index (χ4n) is 0.685. The molecule has 1 atom stereocenters. The van der Waals surface area contributed by atoms with Gasteiger partial charge in [0, 0.05) is 6.92 Å². The zero-order chi connectivity index (χ0) is 14.7. The Kier molecular flexibility index (Phi) is 5.98. The van der Waals surface area contributed by atoms with Gasteiger partial charge in [0.25, 0.3) is 0 Å². The van der Waals surface area contributed by atoms with Crippen molar-refractivity contribution in [2.75, 3.05) is 0 Å². The lowest BCUT2D eigenvalue weighted by Crippen LogP contribution is -2.65. The van der Waals surface area contributed by atoms with E-state index in [1.165, 1.54) is 0 Å². The molecule has 1 unspecified atom stereocenters. The number of ether oxygens (including phenoxy) is 1. The summed E-state index contributed by atoms with van der Waals surface area (Å²) in [5.41, 5.74) is 0. The van der Waals surface area contributed by atoms with E-state index in [0.717, 1.165) is 0 Å². The summed E-state index contributed by atoms with van der Waals surface area (Å²) in [6.45, 7) is 0.341. The Bertz CT molecular complexity index is 244. The molecule has 110 valence electrons. The minimum Gasteiger partial charge on any atom is -0.279 e. The highest BCUT2D eigenvalue weighted by atomic mass is 35.7. The summed E-state index contributed by atoms with van der Waals surface area (Å²) in [4.78, 5) is 0. The molecule has 0 aromatic heterocycles. The van der Waals surface area contributed by atoms with Crippen molar-refractivity contribution in [3.63, 3.8) is 0 Å². The van der Waals surface area contributed by atoms with Crippen molar-refractivity contribution in [1.29, 1.82) is 0 Å². The number of hydrogen-bond acceptors (Lipinski definition) is 8. The summed E-state index contributed by atoms with van der Waals surface area (Å²) in [5, 5.41) is -8.33. The quantitative estimate of drug-likeness (QED) is 0.305. The van der Waals surface area contributed by atoms with Gasteiger partial charge in [-0.05, 0) is 0 Å². The third-order valence-corrected chi connectivity index (χ3v) is 1.69. The molecule has 0 aliphatic heterocycles. The molecule has 0 heterocycles. The van der Waals surface area contributed by atoms with Crippen LogP contribution < -0.4 is 14.0 Å². The van der Waals surface area contributed by atoms with Crippen LogP contribution in [0.25, 0.3) is 0 Å². The normalized spacial score (nSPS) is 15.8. The first-order valence-electron chi connectivity index (χ1n) is 3.56. The molecule has 8 nitrogen and oxygen atoms in total. The molecule has 0 spiro atoms. The summed E-state index contributed by atoms with van der Waals surface area (Å²) in [6.07, 6.45) is -2.66. The second-order valence-corrected chi connectivity index (χ2v) is 3.36. The summed E-state index contributed by atoms with van der Waals surface area (Å²) < 4.78 is 109. The second-order valence-electron chi connectivity index (χ2n) is 2.43. The van der Waals surface area contributed by atoms with Crippen molar-refractivity contribution in [3.05, 3.63) is 0 Å². The van der Waals surface area contributed by atoms with Gasteiger partial charge >= 0.3 is 12.3 Å². The average Bonchev–Trinajstić information content (AvgIpc) is 2.09. The lowest BCUT2D eigenvalue weighted by Gasteiger charge is -2.31. The topological polar surface area (TPSA) is 97.4 Å². The third kappa shape index (κ3) is 4.34. The summed E-state index contributed by atoms with van der Waals surface area (Å²) in [6, 6.07) is 0. The second kappa shape index (κ2) is 6.13. The van der Waals surface area contributed by atoms with Crippen LogP contribution in [0.5, 0.6) is 0 Å². The minimum absolute atomic E-state index is 0.341. The lowest BCUT2D eigenvalue weighted by molar-refractivity contribution is -1.92. The van der Waals surface area contributed by atoms with Crippen molar-refractivity contribution < 1.29 is 60.1 Å². The van der Waals surface area contributed by atoms with E-state index in [2.05, 4.69) is 9.03 Å². The largest absolute Gasteiger partial charge is 0.412 e. The smallest absolute Gasteiger partial charge is 0.279 e. The zero-order valence-electron chi connectivity index (χ0n) is 8.11. The van der Waals surface area contributed by atoms with E-state index in [4.69, 9.17) is 0 Å². The molecule has 0 fully saturated rings. The molecule has 0 aromatic rings. The molecular formula is C3H4ClF6N3O5. The van der Waals surface area contributed by atoms with E-state index in [-0.39, 0.29) is 0 Å². The van der Waals surface area contributed by atoms with Gasteiger partial charge in [-0.2, -0.15) is 14.0 Å². The van der Waals surface area contributed by atoms with Crippen LogP contribution in [0.15, 0.2) is 0 Å². The van der Waals surface area contributed by atoms with E-state index >= 15 is 0 Å². The molecule has 0 aliphatic carbocycles. The lowest BCUT2D eigenvalue weighted by atomic mass is 10.7. The molecule has 0 bridgehead atoms. The fourth-order valence-corrected chi connectivity index (χ4v) is 1.03. The van der Waals surface area contributed by atoms with Crippen LogP contribution in [-0.4, -0.2) is 28.3 Å². The first-order valence-corrected chi connectivity index (χ1v) is 4.79. The Morgan fingerprint density at radius 1 is 0.944 bits per heavy atom. The van der Waals surface area contributed by atoms with Gasteiger partial charge in [0.15, 0.2) is 0 Å². The zero-order valence-corrected chi connectivity index (χ0v) is 8.86. The Morgan fingerprint density at radius 2 is 1.28 bits per heavy atom. The molecular weight excluding hydrogens is 307 g/mol. The van der Waals surface area contributed by atoms with Gasteiger partial charge in [-0.3, -0.25) is 4.74 Å². The molecule has 18 heavy (non-hydrogen) atoms. The molecule has 0 saturated carbocycles. The van der Waals surface area contributed by atoms with E-state index in [1.807, 2.05) is 0 Å². The van der Waals surface area contributed by atoms with Crippen molar-refractivity contribution >= 4 is 0 Å². The standard InChI is InChI=1S/C3H4ClF6N3O5/c1-2(18-4(14,15)16)17-3(11(5)6,12(7)8)13(9)10/h2H,1H3. The molecule has 15 heteroatoms. The van der Waals surface area contributed by atoms with Crippen LogP contribution >= 0.6 is 0 Å². The van der Waals surface area contributed by atoms with Gasteiger partial charge in [0.1, 0.15) is 0 Å². The van der Waals surface area contributed by atoms with Gasteiger partial charge in [0.2, 0.25) is 0 Å². The molecule has 0 aliphatic rings. The Balaban J connectivity index is 5.01. The maximum atomic E-state index is 12.0. The first kappa shape index (κ1) is 17.6. The minimum atomic E-state index is -5.26. The number of hydrogen-bond donors (Lipinski definition) is 0. The van der Waals surface area contributed by atoms with Gasteiger partial charge in [-0.15, -0.1) is 0 Å². The molecule has 0 N–H and O–H groups in total. The van der Waals surface area contributed by atoms with Crippen molar-refractivity contribution in [3.8, 4) is 0 Å². The van der Waals surface area contributed by atoms with Crippen molar-refractivity contribution in [2.45, 2.75) is 19.2 Å². The van der Waals surface area contributed by atoms with E-state index in [9.17, 15) is 40.9 Å². The summed E-state index contributed by atoms with van der Waals surface area (Å²) in [7, 11) is -5.26. The maximum Gasteiger partial charge on any atom is 0.412 e. The van der Waals surface area contributed by atoms with Gasteiger partial charge in [-0.25, -0.2) is 0 Å². The highest BCUT2D eigenvalue weighted by molar-refractivity contribution is 4.55. The molecule has 0 rings (SSSR count). The van der Waals surface area contributed by atoms with Gasteiger partial charge in [0.05, 0.1) is 30.6 Å². The predicted octanol–water partition coefficient (Wildman–Crippen LogP) is -1.91. The van der Waals surface area contributed by atoms with Gasteiger partial charge < -0.3 is 0 Å². The maximum absolute atomic E-state index is 12.0. The van der Waals surface area contributed by atoms with Crippen LogP contribution in [0, 0.1) is 10.2 Å². The number of rotatable bonds is 7. The summed E-state index contributed by atoms with van der Waals surface area (Å²) >= 11 is 0. The molecule has 0 saturated heterocycles. The highest BCUT2D eigenvalue weighted by Gasteiger charge is 2.60. The van der Waals surface area contributed by atoms with Crippen LogP contribution in [0.4, 0.5) is 26.9 Å². The van der Waals surface area contributed by atoms with Gasteiger partial charge in [-0.1, -0.05) is 26.9 Å². The number of halogens is 7. The van der Waals surface area contributed by atoms with E-state index in [0.29, 0.717) is 6.92 Å². The first-order chi connectivity index (χ1) is 7.93. The Morgan fingerprint density at radius 3 is 1.50 bits per heavy atom. The van der Waals surface area contributed by atoms with Crippen LogP contribution in [-0.2, 0) is 9.03 Å². The number of nitrogens with zero attached hydrogens (tertiary/aromatic N) is 3. The SMILES string of the molecule is CC(OC(N(F)F)(N(F)F)N(F)F)O[Cl+3]([O-])([O-])[O-]. The monoisotopic (exact) mass is 311 g/mol. The predicted molar refractivity (Wildman–Crippen MR) is 26.5 cm³/mol. The van der Waals surface area contributed by atoms with E-state index < -0.39 is 38.5 Å². The van der Waals surface area contributed by atoms with Crippen molar-refractivity contribution in [2.24, 2.45) is 0 Å². The highest BCUT2D eigenvalue weighted by Crippen LogP contribution is 2.32. The molecule has 0 amide bonds. The van der Waals surface area contributed by atoms with Crippen LogP contribution in [0.3, 0.4) is 0 Å². The van der Waals surface area contributed by atoms with Crippen LogP contribution in [0.2, 0.25) is 0 Å². The Labute approximate surface area is 96.4 Å². The third-order valence-electron chi connectivity index (χ3n) is 1.22. The molecule has 0 aromatic carbocycles. The fraction of sp³-hybridized carbons (Fsp3) is 1.00. The molecule has 0 radical (unpaired) electrons. The Hall–Kier alpha value is -0.450. The van der Waals surface area contributed by atoms with Crippen LogP contribution in [0.1, 0.15) is 6.92 Å². The summed E-state index contributed by atoms with van der Waals surface area (Å²) in [5.74, 6) is -5.04. The average molecular weight is 312 g/mol. The van der Waals surface area contributed by atoms with E-state index in [1.54, 1.807) is 0 Å². The van der Waals surface area contributed by atoms with Crippen molar-refractivity contribution in [1.82, 2.24) is 16.0 Å².